The molecule has 0 unspecified atom stereocenters. The van der Waals surface area contributed by atoms with Gasteiger partial charge in [0.25, 0.3) is 0 Å². The molecule has 2 aromatic rings. The van der Waals surface area contributed by atoms with Crippen molar-refractivity contribution in [3.63, 3.8) is 0 Å². The van der Waals surface area contributed by atoms with E-state index in [1.807, 2.05) is 6.07 Å². The molecule has 0 aliphatic rings. The Balaban J connectivity index is 2.76. The quantitative estimate of drug-likeness (QED) is 0.762. The van der Waals surface area contributed by atoms with Crippen LogP contribution in [0.5, 0.6) is 5.75 Å². The number of halogens is 2. The molecule has 0 saturated heterocycles. The first-order chi connectivity index (χ1) is 7.00. The number of fused-ring (bicyclic) bond motifs is 1. The maximum atomic E-state index is 9.53. The SMILES string of the molecule is CC(C)c1cc2cc(O)c(Cl)c(Cl)c2s1. The van der Waals surface area contributed by atoms with Crippen LogP contribution in [-0.4, -0.2) is 5.11 Å². The fraction of sp³-hybridized carbons (Fsp3) is 0.273. The van der Waals surface area contributed by atoms with E-state index in [4.69, 9.17) is 23.2 Å². The average Bonchev–Trinajstić information content (AvgIpc) is 2.58. The van der Waals surface area contributed by atoms with E-state index in [-0.39, 0.29) is 10.8 Å². The summed E-state index contributed by atoms with van der Waals surface area (Å²) < 4.78 is 0.947. The summed E-state index contributed by atoms with van der Waals surface area (Å²) in [7, 11) is 0. The molecule has 0 saturated carbocycles. The maximum Gasteiger partial charge on any atom is 0.136 e. The molecule has 0 amide bonds. The van der Waals surface area contributed by atoms with Crippen molar-refractivity contribution in [2.75, 3.05) is 0 Å². The van der Waals surface area contributed by atoms with Crippen LogP contribution in [0.2, 0.25) is 10.0 Å². The van der Waals surface area contributed by atoms with E-state index in [1.165, 1.54) is 4.88 Å². The van der Waals surface area contributed by atoms with Gasteiger partial charge in [0.1, 0.15) is 10.8 Å². The van der Waals surface area contributed by atoms with E-state index in [0.29, 0.717) is 10.9 Å². The molecule has 4 heteroatoms. The summed E-state index contributed by atoms with van der Waals surface area (Å²) in [5, 5.41) is 11.2. The summed E-state index contributed by atoms with van der Waals surface area (Å²) in [6.45, 7) is 4.25. The highest BCUT2D eigenvalue weighted by Gasteiger charge is 2.13. The second-order valence-corrected chi connectivity index (χ2v) is 5.59. The first-order valence-corrected chi connectivity index (χ1v) is 6.18. The van der Waals surface area contributed by atoms with Crippen LogP contribution in [0, 0.1) is 0 Å². The summed E-state index contributed by atoms with van der Waals surface area (Å²) >= 11 is 13.6. The van der Waals surface area contributed by atoms with Gasteiger partial charge in [0.15, 0.2) is 0 Å². The Kier molecular flexibility index (Phi) is 2.84. The summed E-state index contributed by atoms with van der Waals surface area (Å²) in [6, 6.07) is 3.71. The minimum absolute atomic E-state index is 0.0438. The van der Waals surface area contributed by atoms with E-state index in [9.17, 15) is 5.11 Å². The van der Waals surface area contributed by atoms with Crippen molar-refractivity contribution in [2.45, 2.75) is 19.8 Å². The van der Waals surface area contributed by atoms with Gasteiger partial charge >= 0.3 is 0 Å². The first kappa shape index (κ1) is 11.1. The largest absolute Gasteiger partial charge is 0.506 e. The van der Waals surface area contributed by atoms with Gasteiger partial charge in [-0.15, -0.1) is 11.3 Å². The van der Waals surface area contributed by atoms with Crippen molar-refractivity contribution in [3.8, 4) is 5.75 Å². The molecule has 0 fully saturated rings. The lowest BCUT2D eigenvalue weighted by Gasteiger charge is -1.99. The molecule has 15 heavy (non-hydrogen) atoms. The van der Waals surface area contributed by atoms with Crippen LogP contribution >= 0.6 is 34.5 Å². The van der Waals surface area contributed by atoms with Crippen LogP contribution in [0.3, 0.4) is 0 Å². The summed E-state index contributed by atoms with van der Waals surface area (Å²) in [6.07, 6.45) is 0. The molecule has 0 aliphatic heterocycles. The van der Waals surface area contributed by atoms with Gasteiger partial charge in [-0.05, 0) is 23.4 Å². The van der Waals surface area contributed by atoms with Crippen molar-refractivity contribution in [2.24, 2.45) is 0 Å². The molecule has 1 aromatic heterocycles. The normalized spacial score (nSPS) is 11.5. The van der Waals surface area contributed by atoms with Crippen molar-refractivity contribution in [1.29, 1.82) is 0 Å². The van der Waals surface area contributed by atoms with E-state index >= 15 is 0 Å². The molecular weight excluding hydrogens is 251 g/mol. The molecule has 1 nitrogen and oxygen atoms in total. The predicted octanol–water partition coefficient (Wildman–Crippen LogP) is 5.04. The zero-order valence-electron chi connectivity index (χ0n) is 8.34. The minimum atomic E-state index is 0.0438. The van der Waals surface area contributed by atoms with Crippen LogP contribution < -0.4 is 0 Å². The van der Waals surface area contributed by atoms with E-state index in [0.717, 1.165) is 10.1 Å². The lowest BCUT2D eigenvalue weighted by atomic mass is 10.1. The maximum absolute atomic E-state index is 9.53. The van der Waals surface area contributed by atoms with Gasteiger partial charge in [0.05, 0.1) is 9.72 Å². The summed E-state index contributed by atoms with van der Waals surface area (Å²) in [4.78, 5) is 1.24. The third-order valence-electron chi connectivity index (χ3n) is 2.26. The minimum Gasteiger partial charge on any atom is -0.506 e. The van der Waals surface area contributed by atoms with Crippen LogP contribution in [0.25, 0.3) is 10.1 Å². The molecule has 0 bridgehead atoms. The smallest absolute Gasteiger partial charge is 0.136 e. The Labute approximate surface area is 102 Å². The summed E-state index contributed by atoms with van der Waals surface area (Å²) in [5.74, 6) is 0.502. The second-order valence-electron chi connectivity index (χ2n) is 3.75. The zero-order valence-corrected chi connectivity index (χ0v) is 10.7. The van der Waals surface area contributed by atoms with Crippen molar-refractivity contribution < 1.29 is 5.11 Å². The van der Waals surface area contributed by atoms with Gasteiger partial charge in [-0.1, -0.05) is 37.0 Å². The average molecular weight is 261 g/mol. The Morgan fingerprint density at radius 1 is 1.20 bits per heavy atom. The molecular formula is C11H10Cl2OS. The number of phenols is 1. The van der Waals surface area contributed by atoms with Crippen LogP contribution in [0.4, 0.5) is 0 Å². The number of hydrogen-bond donors (Lipinski definition) is 1. The molecule has 0 spiro atoms. The highest BCUT2D eigenvalue weighted by atomic mass is 35.5. The number of hydrogen-bond acceptors (Lipinski definition) is 2. The van der Waals surface area contributed by atoms with Crippen LogP contribution in [0.1, 0.15) is 24.6 Å². The highest BCUT2D eigenvalue weighted by Crippen LogP contribution is 2.42. The zero-order chi connectivity index (χ0) is 11.2. The number of benzene rings is 1. The van der Waals surface area contributed by atoms with Gasteiger partial charge in [-0.3, -0.25) is 0 Å². The van der Waals surface area contributed by atoms with E-state index in [2.05, 4.69) is 13.8 Å². The topological polar surface area (TPSA) is 20.2 Å². The number of rotatable bonds is 1. The number of thiophene rings is 1. The van der Waals surface area contributed by atoms with Crippen LogP contribution in [0.15, 0.2) is 12.1 Å². The van der Waals surface area contributed by atoms with Gasteiger partial charge in [0, 0.05) is 4.88 Å². The third-order valence-corrected chi connectivity index (χ3v) is 4.70. The van der Waals surface area contributed by atoms with Crippen molar-refractivity contribution in [3.05, 3.63) is 27.1 Å². The lowest BCUT2D eigenvalue weighted by Crippen LogP contribution is -1.77. The van der Waals surface area contributed by atoms with Crippen molar-refractivity contribution >= 4 is 44.6 Å². The van der Waals surface area contributed by atoms with Crippen LogP contribution in [-0.2, 0) is 0 Å². The second kappa shape index (κ2) is 3.85. The van der Waals surface area contributed by atoms with Gasteiger partial charge < -0.3 is 5.11 Å². The molecule has 2 rings (SSSR count). The number of aromatic hydroxyl groups is 1. The molecule has 0 aliphatic carbocycles. The monoisotopic (exact) mass is 260 g/mol. The summed E-state index contributed by atoms with van der Waals surface area (Å²) in [5.41, 5.74) is 0. The molecule has 0 radical (unpaired) electrons. The van der Waals surface area contributed by atoms with Crippen molar-refractivity contribution in [1.82, 2.24) is 0 Å². The lowest BCUT2D eigenvalue weighted by molar-refractivity contribution is 0.476. The first-order valence-electron chi connectivity index (χ1n) is 4.61. The predicted molar refractivity (Wildman–Crippen MR) is 67.6 cm³/mol. The Hall–Kier alpha value is -0.440. The van der Waals surface area contributed by atoms with Gasteiger partial charge in [-0.25, -0.2) is 0 Å². The Morgan fingerprint density at radius 2 is 1.87 bits per heavy atom. The molecule has 1 heterocycles. The number of phenolic OH excluding ortho intramolecular Hbond substituents is 1. The Morgan fingerprint density at radius 3 is 2.47 bits per heavy atom. The Bertz CT molecular complexity index is 517. The third kappa shape index (κ3) is 1.82. The molecule has 0 atom stereocenters. The standard InChI is InChI=1S/C11H10Cl2OS/c1-5(2)8-4-6-3-7(14)9(12)10(13)11(6)15-8/h3-5,14H,1-2H3. The molecule has 1 aromatic carbocycles. The van der Waals surface area contributed by atoms with E-state index < -0.39 is 0 Å². The highest BCUT2D eigenvalue weighted by molar-refractivity contribution is 7.19. The van der Waals surface area contributed by atoms with E-state index in [1.54, 1.807) is 17.4 Å². The fourth-order valence-electron chi connectivity index (χ4n) is 1.41. The fourth-order valence-corrected chi connectivity index (χ4v) is 3.02. The molecule has 1 N–H and O–H groups in total. The molecule has 80 valence electrons. The van der Waals surface area contributed by atoms with Gasteiger partial charge in [0.2, 0.25) is 0 Å². The van der Waals surface area contributed by atoms with Gasteiger partial charge in [-0.2, -0.15) is 0 Å².